The molecule has 0 saturated carbocycles. The Kier molecular flexibility index (Phi) is 3.38. The Morgan fingerprint density at radius 1 is 1.53 bits per heavy atom. The quantitative estimate of drug-likeness (QED) is 0.866. The van der Waals surface area contributed by atoms with Crippen LogP contribution in [-0.2, 0) is 4.79 Å². The van der Waals surface area contributed by atoms with Crippen LogP contribution in [0.2, 0.25) is 0 Å². The lowest BCUT2D eigenvalue weighted by molar-refractivity contribution is -0.143. The van der Waals surface area contributed by atoms with Crippen molar-refractivity contribution in [2.45, 2.75) is 38.6 Å². The molecule has 2 rings (SSSR count). The van der Waals surface area contributed by atoms with Gasteiger partial charge in [-0.05, 0) is 39.2 Å². The second kappa shape index (κ2) is 4.84. The van der Waals surface area contributed by atoms with E-state index in [-0.39, 0.29) is 5.69 Å². The van der Waals surface area contributed by atoms with Gasteiger partial charge in [0.05, 0.1) is 0 Å². The molecule has 1 aromatic rings. The minimum absolute atomic E-state index is 0.265. The van der Waals surface area contributed by atoms with Gasteiger partial charge in [0.25, 0.3) is 0 Å². The molecule has 100 valence electrons. The molecule has 1 N–H and O–H groups in total. The molecule has 6 nitrogen and oxygen atoms in total. The second-order valence-electron chi connectivity index (χ2n) is 4.99. The molecular formula is C13H16N4O2. The molecule has 1 unspecified atom stereocenters. The molecule has 1 saturated heterocycles. The molecule has 0 amide bonds. The first-order valence-electron chi connectivity index (χ1n) is 6.24. The topological polar surface area (TPSA) is 90.1 Å². The van der Waals surface area contributed by atoms with Gasteiger partial charge in [-0.1, -0.05) is 0 Å². The third-order valence-electron chi connectivity index (χ3n) is 3.55. The van der Waals surface area contributed by atoms with E-state index in [1.165, 1.54) is 0 Å². The summed E-state index contributed by atoms with van der Waals surface area (Å²) in [4.78, 5) is 21.7. The monoisotopic (exact) mass is 260 g/mol. The van der Waals surface area contributed by atoms with Gasteiger partial charge in [0.2, 0.25) is 5.95 Å². The predicted molar refractivity (Wildman–Crippen MR) is 68.7 cm³/mol. The van der Waals surface area contributed by atoms with Gasteiger partial charge in [-0.2, -0.15) is 5.26 Å². The highest BCUT2D eigenvalue weighted by molar-refractivity contribution is 5.82. The van der Waals surface area contributed by atoms with E-state index < -0.39 is 11.5 Å². The normalized spacial score (nSPS) is 22.9. The molecule has 6 heteroatoms. The maximum Gasteiger partial charge on any atom is 0.329 e. The number of carbonyl (C=O) groups is 1. The lowest BCUT2D eigenvalue weighted by Crippen LogP contribution is -2.56. The number of anilines is 1. The van der Waals surface area contributed by atoms with Crippen molar-refractivity contribution in [2.75, 3.05) is 11.4 Å². The number of nitriles is 1. The number of hydrogen-bond acceptors (Lipinski definition) is 5. The first-order chi connectivity index (χ1) is 8.97. The molecule has 1 atom stereocenters. The van der Waals surface area contributed by atoms with Crippen molar-refractivity contribution < 1.29 is 9.90 Å². The summed E-state index contributed by atoms with van der Waals surface area (Å²) in [6.45, 7) is 4.05. The van der Waals surface area contributed by atoms with Gasteiger partial charge in [-0.3, -0.25) is 0 Å². The summed E-state index contributed by atoms with van der Waals surface area (Å²) in [5.74, 6) is -0.544. The number of hydrogen-bond donors (Lipinski definition) is 1. The fourth-order valence-electron chi connectivity index (χ4n) is 2.39. The molecule has 1 aliphatic heterocycles. The summed E-state index contributed by atoms with van der Waals surface area (Å²) in [5.41, 5.74) is -0.0700. The second-order valence-corrected chi connectivity index (χ2v) is 4.99. The predicted octanol–water partition coefficient (Wildman–Crippen LogP) is 1.49. The first-order valence-corrected chi connectivity index (χ1v) is 6.24. The van der Waals surface area contributed by atoms with Crippen LogP contribution in [0.15, 0.2) is 6.07 Å². The zero-order chi connectivity index (χ0) is 14.0. The lowest BCUT2D eigenvalue weighted by atomic mass is 9.89. The molecule has 1 aromatic heterocycles. The Balaban J connectivity index is 2.46. The van der Waals surface area contributed by atoms with Crippen LogP contribution in [0.25, 0.3) is 0 Å². The number of piperidine rings is 1. The van der Waals surface area contributed by atoms with E-state index in [1.54, 1.807) is 24.8 Å². The summed E-state index contributed by atoms with van der Waals surface area (Å²) in [6.07, 6.45) is 2.33. The maximum atomic E-state index is 11.5. The minimum Gasteiger partial charge on any atom is -0.480 e. The van der Waals surface area contributed by atoms with Gasteiger partial charge in [-0.15, -0.1) is 0 Å². The van der Waals surface area contributed by atoms with E-state index in [1.807, 2.05) is 6.07 Å². The Bertz CT molecular complexity index is 552. The molecule has 0 aromatic carbocycles. The molecule has 1 aliphatic rings. The van der Waals surface area contributed by atoms with Gasteiger partial charge >= 0.3 is 5.97 Å². The Labute approximate surface area is 111 Å². The van der Waals surface area contributed by atoms with Crippen LogP contribution in [0.5, 0.6) is 0 Å². The van der Waals surface area contributed by atoms with E-state index in [2.05, 4.69) is 9.97 Å². The highest BCUT2D eigenvalue weighted by Crippen LogP contribution is 2.31. The standard InChI is InChI=1S/C13H16N4O2/c1-9-7-10(8-14)16-12(15-9)17-6-4-3-5-13(17,2)11(18)19/h7H,3-6H2,1-2H3,(H,18,19). The van der Waals surface area contributed by atoms with Gasteiger partial charge in [0.15, 0.2) is 0 Å². The fraction of sp³-hybridized carbons (Fsp3) is 0.538. The molecular weight excluding hydrogens is 244 g/mol. The van der Waals surface area contributed by atoms with Crippen LogP contribution in [0.1, 0.15) is 37.6 Å². The van der Waals surface area contributed by atoms with Crippen LogP contribution in [0.3, 0.4) is 0 Å². The van der Waals surface area contributed by atoms with E-state index in [4.69, 9.17) is 5.26 Å². The van der Waals surface area contributed by atoms with Crippen molar-refractivity contribution in [3.63, 3.8) is 0 Å². The SMILES string of the molecule is Cc1cc(C#N)nc(N2CCCCC2(C)C(=O)O)n1. The summed E-state index contributed by atoms with van der Waals surface area (Å²) in [5, 5.41) is 18.4. The van der Waals surface area contributed by atoms with E-state index >= 15 is 0 Å². The molecule has 0 spiro atoms. The van der Waals surface area contributed by atoms with Gasteiger partial charge in [0, 0.05) is 12.2 Å². The van der Waals surface area contributed by atoms with Crippen LogP contribution < -0.4 is 4.90 Å². The third-order valence-corrected chi connectivity index (χ3v) is 3.55. The fourth-order valence-corrected chi connectivity index (χ4v) is 2.39. The first kappa shape index (κ1) is 13.3. The lowest BCUT2D eigenvalue weighted by Gasteiger charge is -2.41. The van der Waals surface area contributed by atoms with E-state index in [9.17, 15) is 9.90 Å². The van der Waals surface area contributed by atoms with Gasteiger partial charge in [0.1, 0.15) is 17.3 Å². The number of rotatable bonds is 2. The number of aryl methyl sites for hydroxylation is 1. The smallest absolute Gasteiger partial charge is 0.329 e. The average molecular weight is 260 g/mol. The molecule has 0 bridgehead atoms. The van der Waals surface area contributed by atoms with Crippen LogP contribution in [-0.4, -0.2) is 33.1 Å². The van der Waals surface area contributed by atoms with Crippen LogP contribution >= 0.6 is 0 Å². The Hall–Kier alpha value is -2.16. The minimum atomic E-state index is -1.00. The summed E-state index contributed by atoms with van der Waals surface area (Å²) < 4.78 is 0. The summed E-state index contributed by atoms with van der Waals surface area (Å²) in [6, 6.07) is 3.57. The van der Waals surface area contributed by atoms with Crippen molar-refractivity contribution in [1.82, 2.24) is 9.97 Å². The highest BCUT2D eigenvalue weighted by Gasteiger charge is 2.42. The van der Waals surface area contributed by atoms with Crippen molar-refractivity contribution in [2.24, 2.45) is 0 Å². The Morgan fingerprint density at radius 3 is 2.89 bits per heavy atom. The zero-order valence-corrected chi connectivity index (χ0v) is 11.1. The van der Waals surface area contributed by atoms with Crippen LogP contribution in [0.4, 0.5) is 5.95 Å². The number of aliphatic carboxylic acids is 1. The van der Waals surface area contributed by atoms with Crippen molar-refractivity contribution in [3.05, 3.63) is 17.5 Å². The summed E-state index contributed by atoms with van der Waals surface area (Å²) in [7, 11) is 0. The molecule has 2 heterocycles. The molecule has 1 fully saturated rings. The summed E-state index contributed by atoms with van der Waals surface area (Å²) >= 11 is 0. The van der Waals surface area contributed by atoms with Gasteiger partial charge < -0.3 is 10.0 Å². The molecule has 0 radical (unpaired) electrons. The van der Waals surface area contributed by atoms with Gasteiger partial charge in [-0.25, -0.2) is 14.8 Å². The molecule has 19 heavy (non-hydrogen) atoms. The van der Waals surface area contributed by atoms with E-state index in [0.717, 1.165) is 12.8 Å². The number of nitrogens with zero attached hydrogens (tertiary/aromatic N) is 4. The average Bonchev–Trinajstić information content (AvgIpc) is 2.38. The third kappa shape index (κ3) is 2.36. The van der Waals surface area contributed by atoms with Crippen molar-refractivity contribution >= 4 is 11.9 Å². The number of carboxylic acids is 1. The maximum absolute atomic E-state index is 11.5. The highest BCUT2D eigenvalue weighted by atomic mass is 16.4. The van der Waals surface area contributed by atoms with Crippen molar-refractivity contribution in [1.29, 1.82) is 5.26 Å². The van der Waals surface area contributed by atoms with Crippen LogP contribution in [0, 0.1) is 18.3 Å². The van der Waals surface area contributed by atoms with Crippen molar-refractivity contribution in [3.8, 4) is 6.07 Å². The number of aromatic nitrogens is 2. The molecule has 0 aliphatic carbocycles. The Morgan fingerprint density at radius 2 is 2.26 bits per heavy atom. The zero-order valence-electron chi connectivity index (χ0n) is 11.1. The number of carboxylic acid groups (broad SMARTS) is 1. The van der Waals surface area contributed by atoms with E-state index in [0.29, 0.717) is 24.6 Å². The largest absolute Gasteiger partial charge is 0.480 e.